The molecule has 2 aromatic carbocycles. The Hall–Kier alpha value is -2.82. The number of hydrogen-bond acceptors (Lipinski definition) is 3. The maximum absolute atomic E-state index is 13.3. The lowest BCUT2D eigenvalue weighted by atomic mass is 10.00. The number of hydrogen-bond donors (Lipinski definition) is 1. The van der Waals surface area contributed by atoms with Gasteiger partial charge in [0.2, 0.25) is 11.8 Å². The minimum absolute atomic E-state index is 0.0229. The van der Waals surface area contributed by atoms with Gasteiger partial charge in [-0.15, -0.1) is 0 Å². The number of nitrogens with zero attached hydrogens (tertiary/aromatic N) is 1. The molecule has 0 aliphatic heterocycles. The molecule has 162 valence electrons. The van der Waals surface area contributed by atoms with E-state index in [9.17, 15) is 9.59 Å². The van der Waals surface area contributed by atoms with E-state index in [1.54, 1.807) is 12.0 Å². The number of nitrogens with one attached hydrogen (secondary N) is 1. The van der Waals surface area contributed by atoms with E-state index in [4.69, 9.17) is 4.74 Å². The maximum Gasteiger partial charge on any atom is 0.243 e. The summed E-state index contributed by atoms with van der Waals surface area (Å²) in [6.07, 6.45) is 1.59. The van der Waals surface area contributed by atoms with Crippen molar-refractivity contribution in [1.29, 1.82) is 0 Å². The first-order valence-electron chi connectivity index (χ1n) is 10.5. The lowest BCUT2D eigenvalue weighted by Crippen LogP contribution is -2.54. The van der Waals surface area contributed by atoms with Crippen molar-refractivity contribution in [3.05, 3.63) is 65.7 Å². The van der Waals surface area contributed by atoms with Gasteiger partial charge in [0.15, 0.2) is 0 Å². The molecule has 0 bridgehead atoms. The molecule has 2 amide bonds. The van der Waals surface area contributed by atoms with Crippen molar-refractivity contribution in [2.45, 2.75) is 65.1 Å². The first-order chi connectivity index (χ1) is 14.2. The highest BCUT2D eigenvalue weighted by molar-refractivity contribution is 5.88. The molecule has 30 heavy (non-hydrogen) atoms. The normalized spacial score (nSPS) is 12.2. The molecule has 5 heteroatoms. The number of carbonyl (C=O) groups is 2. The fourth-order valence-electron chi connectivity index (χ4n) is 3.33. The molecule has 2 rings (SSSR count). The highest BCUT2D eigenvalue weighted by Crippen LogP contribution is 2.20. The molecular weight excluding hydrogens is 376 g/mol. The Morgan fingerprint density at radius 2 is 1.70 bits per heavy atom. The second-order valence-electron chi connectivity index (χ2n) is 8.57. The minimum atomic E-state index is -0.600. The third-order valence-corrected chi connectivity index (χ3v) is 4.72. The van der Waals surface area contributed by atoms with Gasteiger partial charge in [-0.3, -0.25) is 9.59 Å². The first kappa shape index (κ1) is 23.5. The van der Waals surface area contributed by atoms with Gasteiger partial charge < -0.3 is 15.0 Å². The third kappa shape index (κ3) is 7.21. The van der Waals surface area contributed by atoms with Gasteiger partial charge in [0.1, 0.15) is 11.8 Å². The summed E-state index contributed by atoms with van der Waals surface area (Å²) >= 11 is 0. The zero-order chi connectivity index (χ0) is 22.1. The second kappa shape index (κ2) is 10.8. The summed E-state index contributed by atoms with van der Waals surface area (Å²) < 4.78 is 5.33. The van der Waals surface area contributed by atoms with E-state index < -0.39 is 6.04 Å². The predicted octanol–water partition coefficient (Wildman–Crippen LogP) is 4.35. The molecule has 0 spiro atoms. The van der Waals surface area contributed by atoms with Crippen molar-refractivity contribution >= 4 is 11.8 Å². The van der Waals surface area contributed by atoms with Crippen LogP contribution in [0, 0.1) is 0 Å². The van der Waals surface area contributed by atoms with Crippen LogP contribution in [0.25, 0.3) is 0 Å². The lowest BCUT2D eigenvalue weighted by Gasteiger charge is -2.34. The van der Waals surface area contributed by atoms with Crippen LogP contribution in [0.3, 0.4) is 0 Å². The van der Waals surface area contributed by atoms with Gasteiger partial charge in [0, 0.05) is 24.9 Å². The number of carbonyl (C=O) groups excluding carboxylic acids is 2. The molecule has 0 fully saturated rings. The van der Waals surface area contributed by atoms with Gasteiger partial charge in [-0.1, -0.05) is 49.4 Å². The van der Waals surface area contributed by atoms with Crippen LogP contribution in [0.15, 0.2) is 54.6 Å². The average molecular weight is 411 g/mol. The number of benzene rings is 2. The molecule has 0 radical (unpaired) electrons. The van der Waals surface area contributed by atoms with Crippen LogP contribution < -0.4 is 10.1 Å². The molecule has 0 saturated heterocycles. The Morgan fingerprint density at radius 3 is 2.30 bits per heavy atom. The summed E-state index contributed by atoms with van der Waals surface area (Å²) in [6, 6.07) is 16.9. The van der Waals surface area contributed by atoms with E-state index in [0.717, 1.165) is 23.3 Å². The third-order valence-electron chi connectivity index (χ3n) is 4.72. The molecule has 0 aromatic heterocycles. The van der Waals surface area contributed by atoms with Gasteiger partial charge in [0.25, 0.3) is 0 Å². The summed E-state index contributed by atoms with van der Waals surface area (Å²) in [5, 5.41) is 3.07. The maximum atomic E-state index is 13.3. The topological polar surface area (TPSA) is 58.6 Å². The zero-order valence-electron chi connectivity index (χ0n) is 18.8. The molecule has 0 aliphatic carbocycles. The number of amides is 2. The monoisotopic (exact) mass is 410 g/mol. The highest BCUT2D eigenvalue weighted by Gasteiger charge is 2.31. The van der Waals surface area contributed by atoms with Crippen LogP contribution in [0.1, 0.15) is 51.7 Å². The van der Waals surface area contributed by atoms with E-state index in [1.807, 2.05) is 82.3 Å². The van der Waals surface area contributed by atoms with Crippen LogP contribution in [-0.4, -0.2) is 35.4 Å². The Kier molecular flexibility index (Phi) is 8.46. The Bertz CT molecular complexity index is 828. The molecule has 0 aliphatic rings. The van der Waals surface area contributed by atoms with E-state index in [-0.39, 0.29) is 17.4 Å². The summed E-state index contributed by atoms with van der Waals surface area (Å²) in [4.78, 5) is 28.1. The lowest BCUT2D eigenvalue weighted by molar-refractivity contribution is -0.142. The van der Waals surface area contributed by atoms with Crippen molar-refractivity contribution < 1.29 is 14.3 Å². The van der Waals surface area contributed by atoms with Gasteiger partial charge in [-0.25, -0.2) is 0 Å². The van der Waals surface area contributed by atoms with Crippen molar-refractivity contribution in [3.8, 4) is 5.75 Å². The Labute approximate surface area is 180 Å². The Balaban J connectivity index is 2.41. The molecule has 5 nitrogen and oxygen atoms in total. The van der Waals surface area contributed by atoms with Gasteiger partial charge in [-0.05, 0) is 50.5 Å². The van der Waals surface area contributed by atoms with Crippen LogP contribution in [0.5, 0.6) is 5.75 Å². The molecule has 1 atom stereocenters. The zero-order valence-corrected chi connectivity index (χ0v) is 18.8. The number of methoxy groups -OCH3 is 1. The predicted molar refractivity (Wildman–Crippen MR) is 120 cm³/mol. The van der Waals surface area contributed by atoms with E-state index in [2.05, 4.69) is 5.32 Å². The van der Waals surface area contributed by atoms with Crippen LogP contribution >= 0.6 is 0 Å². The summed E-state index contributed by atoms with van der Waals surface area (Å²) in [7, 11) is 1.62. The fraction of sp³-hybridized carbons (Fsp3) is 0.440. The minimum Gasteiger partial charge on any atom is -0.497 e. The van der Waals surface area contributed by atoms with E-state index in [1.165, 1.54) is 0 Å². The average Bonchev–Trinajstić information content (AvgIpc) is 2.70. The van der Waals surface area contributed by atoms with Gasteiger partial charge in [0.05, 0.1) is 7.11 Å². The van der Waals surface area contributed by atoms with Gasteiger partial charge in [-0.2, -0.15) is 0 Å². The van der Waals surface area contributed by atoms with Crippen LogP contribution in [0.2, 0.25) is 0 Å². The summed E-state index contributed by atoms with van der Waals surface area (Å²) in [6.45, 7) is 8.17. The smallest absolute Gasteiger partial charge is 0.243 e. The Morgan fingerprint density at radius 1 is 1.03 bits per heavy atom. The fourth-order valence-corrected chi connectivity index (χ4v) is 3.33. The van der Waals surface area contributed by atoms with E-state index in [0.29, 0.717) is 19.4 Å². The molecular formula is C25H34N2O3. The molecule has 0 unspecified atom stereocenters. The first-order valence-corrected chi connectivity index (χ1v) is 10.5. The molecule has 2 aromatic rings. The number of rotatable bonds is 9. The summed E-state index contributed by atoms with van der Waals surface area (Å²) in [5.74, 6) is 0.568. The standard InChI is InChI=1S/C25H34N2O3/c1-6-11-23(28)27(18-20-14-10-15-21(16-20)30-5)22(24(29)26-25(2,3)4)17-19-12-8-7-9-13-19/h7-10,12-16,22H,6,11,17-18H2,1-5H3,(H,26,29)/t22-/m0/s1. The quantitative estimate of drug-likeness (QED) is 0.669. The van der Waals surface area contributed by atoms with Crippen molar-refractivity contribution in [3.63, 3.8) is 0 Å². The van der Waals surface area contributed by atoms with Gasteiger partial charge >= 0.3 is 0 Å². The second-order valence-corrected chi connectivity index (χ2v) is 8.57. The number of ether oxygens (including phenoxy) is 1. The van der Waals surface area contributed by atoms with Crippen molar-refractivity contribution in [1.82, 2.24) is 10.2 Å². The molecule has 0 saturated carbocycles. The van der Waals surface area contributed by atoms with Crippen molar-refractivity contribution in [2.75, 3.05) is 7.11 Å². The van der Waals surface area contributed by atoms with Crippen LogP contribution in [0.4, 0.5) is 0 Å². The van der Waals surface area contributed by atoms with Crippen molar-refractivity contribution in [2.24, 2.45) is 0 Å². The largest absolute Gasteiger partial charge is 0.497 e. The molecule has 1 N–H and O–H groups in total. The summed E-state index contributed by atoms with van der Waals surface area (Å²) in [5.41, 5.74) is 1.56. The molecule has 0 heterocycles. The van der Waals surface area contributed by atoms with E-state index >= 15 is 0 Å². The highest BCUT2D eigenvalue weighted by atomic mass is 16.5. The SMILES string of the molecule is CCCC(=O)N(Cc1cccc(OC)c1)[C@@H](Cc1ccccc1)C(=O)NC(C)(C)C. The van der Waals surface area contributed by atoms with Crippen LogP contribution in [-0.2, 0) is 22.6 Å².